The number of ether oxygens (including phenoxy) is 1. The summed E-state index contributed by atoms with van der Waals surface area (Å²) in [4.78, 5) is 17.9. The van der Waals surface area contributed by atoms with E-state index in [2.05, 4.69) is 38.5 Å². The Morgan fingerprint density at radius 2 is 2.04 bits per heavy atom. The van der Waals surface area contributed by atoms with E-state index in [9.17, 15) is 4.79 Å². The molecule has 1 rings (SSSR count). The molecule has 0 fully saturated rings. The molecule has 0 heterocycles. The van der Waals surface area contributed by atoms with Gasteiger partial charge >= 0.3 is 0 Å². The van der Waals surface area contributed by atoms with Gasteiger partial charge in [0.25, 0.3) is 0 Å². The van der Waals surface area contributed by atoms with Gasteiger partial charge in [0.05, 0.1) is 20.2 Å². The second kappa shape index (κ2) is 13.2. The molecule has 2 N–H and O–H groups in total. The highest BCUT2D eigenvalue weighted by molar-refractivity contribution is 14.0. The van der Waals surface area contributed by atoms with E-state index >= 15 is 0 Å². The van der Waals surface area contributed by atoms with Gasteiger partial charge in [0.2, 0.25) is 5.91 Å². The Balaban J connectivity index is 0.00000576. The van der Waals surface area contributed by atoms with Crippen molar-refractivity contribution in [2.75, 3.05) is 34.3 Å². The molecule has 8 heteroatoms. The number of guanidine groups is 1. The summed E-state index contributed by atoms with van der Waals surface area (Å²) in [5.41, 5.74) is 0.974. The fraction of sp³-hybridized carbons (Fsp3) is 0.529. The van der Waals surface area contributed by atoms with Gasteiger partial charge in [0.15, 0.2) is 5.96 Å². The number of halogens is 2. The predicted octanol–water partition coefficient (Wildman–Crippen LogP) is 3.00. The van der Waals surface area contributed by atoms with Crippen molar-refractivity contribution in [3.63, 3.8) is 0 Å². The minimum absolute atomic E-state index is 0. The molecule has 0 saturated carbocycles. The molecule has 0 aromatic heterocycles. The summed E-state index contributed by atoms with van der Waals surface area (Å²) in [6.45, 7) is 3.61. The number of amides is 1. The van der Waals surface area contributed by atoms with Gasteiger partial charge in [-0.1, -0.05) is 29.3 Å². The summed E-state index contributed by atoms with van der Waals surface area (Å²) in [5.74, 6) is 1.42. The van der Waals surface area contributed by atoms with Gasteiger partial charge in [0.1, 0.15) is 5.75 Å². The highest BCUT2D eigenvalue weighted by atomic mass is 127. The number of nitrogens with one attached hydrogen (secondary N) is 2. The normalized spacial score (nSPS) is 10.7. The molecule has 0 aliphatic rings. The number of likely N-dealkylation sites (N-methyl/N-ethyl adjacent to an activating group) is 1. The van der Waals surface area contributed by atoms with Crippen LogP contribution in [-0.2, 0) is 11.3 Å². The van der Waals surface area contributed by atoms with Crippen LogP contribution in [-0.4, -0.2) is 51.1 Å². The van der Waals surface area contributed by atoms with Crippen LogP contribution in [0.3, 0.4) is 0 Å². The molecule has 0 aliphatic carbocycles. The Kier molecular flexibility index (Phi) is 12.7. The van der Waals surface area contributed by atoms with Crippen LogP contribution in [0.1, 0.15) is 25.3 Å². The molecule has 6 nitrogen and oxygen atoms in total. The summed E-state index contributed by atoms with van der Waals surface area (Å²) >= 11 is 3.46. The Morgan fingerprint density at radius 3 is 2.64 bits per heavy atom. The number of carbonyl (C=O) groups excluding carboxylic acids is 1. The van der Waals surface area contributed by atoms with E-state index in [1.165, 1.54) is 0 Å². The summed E-state index contributed by atoms with van der Waals surface area (Å²) in [5, 5.41) is 6.33. The maximum absolute atomic E-state index is 11.8. The molecule has 1 aromatic rings. The van der Waals surface area contributed by atoms with Crippen LogP contribution in [0.5, 0.6) is 5.75 Å². The lowest BCUT2D eigenvalue weighted by Gasteiger charge is -2.15. The van der Waals surface area contributed by atoms with E-state index in [-0.39, 0.29) is 36.4 Å². The molecule has 0 atom stereocenters. The van der Waals surface area contributed by atoms with Gasteiger partial charge in [-0.15, -0.1) is 24.0 Å². The fourth-order valence-corrected chi connectivity index (χ4v) is 2.32. The van der Waals surface area contributed by atoms with Crippen LogP contribution < -0.4 is 15.4 Å². The van der Waals surface area contributed by atoms with E-state index in [0.717, 1.165) is 35.2 Å². The Morgan fingerprint density at radius 1 is 1.32 bits per heavy atom. The molecule has 1 amide bonds. The first-order valence-electron chi connectivity index (χ1n) is 8.02. The van der Waals surface area contributed by atoms with Crippen LogP contribution in [0.2, 0.25) is 0 Å². The van der Waals surface area contributed by atoms with Gasteiger partial charge in [-0.2, -0.15) is 0 Å². The predicted molar refractivity (Wildman–Crippen MR) is 117 cm³/mol. The SMILES string of the molecule is CCCCNC(=NCc1cc(Br)ccc1OC)NCC(=O)N(C)C.I. The Labute approximate surface area is 175 Å². The van der Waals surface area contributed by atoms with Gasteiger partial charge in [-0.05, 0) is 24.6 Å². The molecule has 25 heavy (non-hydrogen) atoms. The smallest absolute Gasteiger partial charge is 0.241 e. The van der Waals surface area contributed by atoms with Crippen molar-refractivity contribution in [1.29, 1.82) is 0 Å². The monoisotopic (exact) mass is 526 g/mol. The lowest BCUT2D eigenvalue weighted by molar-refractivity contribution is -0.127. The summed E-state index contributed by atoms with van der Waals surface area (Å²) in [6, 6.07) is 5.82. The number of rotatable bonds is 8. The molecule has 1 aromatic carbocycles. The first kappa shape index (κ1) is 24.0. The number of nitrogens with zero attached hydrogens (tertiary/aromatic N) is 2. The topological polar surface area (TPSA) is 66.0 Å². The molecule has 0 saturated heterocycles. The lowest BCUT2D eigenvalue weighted by atomic mass is 10.2. The maximum Gasteiger partial charge on any atom is 0.241 e. The van der Waals surface area contributed by atoms with E-state index in [0.29, 0.717) is 12.5 Å². The number of benzene rings is 1. The van der Waals surface area contributed by atoms with Crippen molar-refractivity contribution in [1.82, 2.24) is 15.5 Å². The number of aliphatic imine (C=N–C) groups is 1. The number of hydrogen-bond donors (Lipinski definition) is 2. The molecule has 0 spiro atoms. The maximum atomic E-state index is 11.8. The lowest BCUT2D eigenvalue weighted by Crippen LogP contribution is -2.43. The van der Waals surface area contributed by atoms with Crippen molar-refractivity contribution >= 4 is 51.8 Å². The molecule has 0 radical (unpaired) electrons. The minimum Gasteiger partial charge on any atom is -0.496 e. The third-order valence-corrected chi connectivity index (χ3v) is 3.87. The van der Waals surface area contributed by atoms with Crippen molar-refractivity contribution in [3.8, 4) is 5.75 Å². The molecule has 0 aliphatic heterocycles. The zero-order valence-electron chi connectivity index (χ0n) is 15.3. The van der Waals surface area contributed by atoms with Gasteiger partial charge in [-0.25, -0.2) is 4.99 Å². The summed E-state index contributed by atoms with van der Waals surface area (Å²) < 4.78 is 6.35. The first-order chi connectivity index (χ1) is 11.5. The van der Waals surface area contributed by atoms with Crippen LogP contribution in [0.15, 0.2) is 27.7 Å². The van der Waals surface area contributed by atoms with Gasteiger partial charge in [0, 0.05) is 30.7 Å². The Hall–Kier alpha value is -1.03. The molecular weight excluding hydrogens is 499 g/mol. The number of unbranched alkanes of at least 4 members (excludes halogenated alkanes) is 1. The third kappa shape index (κ3) is 9.29. The van der Waals surface area contributed by atoms with E-state index in [1.54, 1.807) is 26.1 Å². The Bertz CT molecular complexity index is 568. The molecule has 0 unspecified atom stereocenters. The van der Waals surface area contributed by atoms with E-state index in [1.807, 2.05) is 18.2 Å². The minimum atomic E-state index is 0. The molecular formula is C17H28BrIN4O2. The zero-order valence-corrected chi connectivity index (χ0v) is 19.2. The van der Waals surface area contributed by atoms with Crippen molar-refractivity contribution in [2.24, 2.45) is 4.99 Å². The average Bonchev–Trinajstić information content (AvgIpc) is 2.56. The molecule has 142 valence electrons. The van der Waals surface area contributed by atoms with Crippen LogP contribution >= 0.6 is 39.9 Å². The second-order valence-corrected chi connectivity index (χ2v) is 6.46. The first-order valence-corrected chi connectivity index (χ1v) is 8.82. The quantitative estimate of drug-likeness (QED) is 0.236. The number of carbonyl (C=O) groups is 1. The van der Waals surface area contributed by atoms with Gasteiger partial charge in [-0.3, -0.25) is 4.79 Å². The van der Waals surface area contributed by atoms with Crippen LogP contribution in [0.25, 0.3) is 0 Å². The number of hydrogen-bond acceptors (Lipinski definition) is 3. The van der Waals surface area contributed by atoms with Crippen molar-refractivity contribution in [3.05, 3.63) is 28.2 Å². The standard InChI is InChI=1S/C17H27BrN4O2.HI/c1-5-6-9-19-17(21-12-16(23)22(2)3)20-11-13-10-14(18)7-8-15(13)24-4;/h7-8,10H,5-6,9,11-12H2,1-4H3,(H2,19,20,21);1H. The zero-order chi connectivity index (χ0) is 17.9. The van der Waals surface area contributed by atoms with Crippen molar-refractivity contribution < 1.29 is 9.53 Å². The summed E-state index contributed by atoms with van der Waals surface area (Å²) in [7, 11) is 5.11. The fourth-order valence-electron chi connectivity index (χ4n) is 1.91. The average molecular weight is 527 g/mol. The largest absolute Gasteiger partial charge is 0.496 e. The third-order valence-electron chi connectivity index (χ3n) is 3.38. The summed E-state index contributed by atoms with van der Waals surface area (Å²) in [6.07, 6.45) is 2.14. The highest BCUT2D eigenvalue weighted by Gasteiger charge is 2.07. The van der Waals surface area contributed by atoms with E-state index in [4.69, 9.17) is 4.74 Å². The van der Waals surface area contributed by atoms with Crippen molar-refractivity contribution in [2.45, 2.75) is 26.3 Å². The van der Waals surface area contributed by atoms with Crippen LogP contribution in [0.4, 0.5) is 0 Å². The second-order valence-electron chi connectivity index (χ2n) is 5.54. The molecule has 0 bridgehead atoms. The number of methoxy groups -OCH3 is 1. The van der Waals surface area contributed by atoms with E-state index < -0.39 is 0 Å². The highest BCUT2D eigenvalue weighted by Crippen LogP contribution is 2.23. The van der Waals surface area contributed by atoms with Crippen LogP contribution in [0, 0.1) is 0 Å². The van der Waals surface area contributed by atoms with Gasteiger partial charge < -0.3 is 20.3 Å².